The van der Waals surface area contributed by atoms with Crippen molar-refractivity contribution in [2.45, 2.75) is 65.5 Å². The number of nitrogens with one attached hydrogen (secondary N) is 3. The van der Waals surface area contributed by atoms with Crippen molar-refractivity contribution in [3.05, 3.63) is 35.4 Å². The zero-order chi connectivity index (χ0) is 21.8. The van der Waals surface area contributed by atoms with Crippen molar-refractivity contribution in [2.75, 3.05) is 26.2 Å². The smallest absolute Gasteiger partial charge is 0.254 e. The van der Waals surface area contributed by atoms with Crippen LogP contribution in [0.1, 0.15) is 68.8 Å². The maximum atomic E-state index is 12.6. The number of hydrogen-bond donors (Lipinski definition) is 3. The topological polar surface area (TPSA) is 85.8 Å². The Kier molecular flexibility index (Phi) is 10.2. The van der Waals surface area contributed by atoms with E-state index in [4.69, 9.17) is 0 Å². The van der Waals surface area contributed by atoms with Gasteiger partial charge in [-0.3, -0.25) is 9.59 Å². The van der Waals surface area contributed by atoms with Gasteiger partial charge >= 0.3 is 0 Å². The molecule has 1 aromatic rings. The van der Waals surface area contributed by atoms with Crippen LogP contribution in [0.4, 0.5) is 0 Å². The Morgan fingerprint density at radius 1 is 1.20 bits per heavy atom. The van der Waals surface area contributed by atoms with Gasteiger partial charge in [-0.2, -0.15) is 0 Å². The van der Waals surface area contributed by atoms with Crippen LogP contribution in [0.2, 0.25) is 0 Å². The number of carbonyl (C=O) groups is 2. The Morgan fingerprint density at radius 2 is 1.97 bits per heavy atom. The summed E-state index contributed by atoms with van der Waals surface area (Å²) in [5, 5.41) is 9.52. The van der Waals surface area contributed by atoms with Crippen molar-refractivity contribution >= 4 is 17.8 Å². The third-order valence-electron chi connectivity index (χ3n) is 5.16. The highest BCUT2D eigenvalue weighted by Gasteiger charge is 2.22. The molecule has 2 amide bonds. The lowest BCUT2D eigenvalue weighted by molar-refractivity contribution is -0.123. The molecular formula is C23H37N5O2. The predicted molar refractivity (Wildman–Crippen MR) is 122 cm³/mol. The monoisotopic (exact) mass is 415 g/mol. The lowest BCUT2D eigenvalue weighted by atomic mass is 10.1. The van der Waals surface area contributed by atoms with Gasteiger partial charge < -0.3 is 20.9 Å². The fourth-order valence-electron chi connectivity index (χ4n) is 3.42. The highest BCUT2D eigenvalue weighted by atomic mass is 16.2. The van der Waals surface area contributed by atoms with Crippen LogP contribution >= 0.6 is 0 Å². The van der Waals surface area contributed by atoms with Crippen LogP contribution in [0.3, 0.4) is 0 Å². The Bertz CT molecular complexity index is 702. The van der Waals surface area contributed by atoms with Gasteiger partial charge in [-0.1, -0.05) is 44.7 Å². The largest absolute Gasteiger partial charge is 0.357 e. The van der Waals surface area contributed by atoms with E-state index in [1.54, 1.807) is 4.90 Å². The van der Waals surface area contributed by atoms with Crippen molar-refractivity contribution in [2.24, 2.45) is 4.99 Å². The number of benzene rings is 1. The molecule has 1 fully saturated rings. The lowest BCUT2D eigenvalue weighted by Gasteiger charge is -2.26. The number of rotatable bonds is 10. The summed E-state index contributed by atoms with van der Waals surface area (Å²) < 4.78 is 0. The van der Waals surface area contributed by atoms with Gasteiger partial charge in [-0.15, -0.1) is 0 Å². The average molecular weight is 416 g/mol. The van der Waals surface area contributed by atoms with Crippen LogP contribution in [0.25, 0.3) is 0 Å². The van der Waals surface area contributed by atoms with Gasteiger partial charge in [-0.25, -0.2) is 4.99 Å². The first-order valence-electron chi connectivity index (χ1n) is 11.2. The second-order valence-electron chi connectivity index (χ2n) is 7.86. The van der Waals surface area contributed by atoms with Crippen molar-refractivity contribution < 1.29 is 9.59 Å². The van der Waals surface area contributed by atoms with E-state index in [9.17, 15) is 9.59 Å². The molecule has 0 aliphatic carbocycles. The third kappa shape index (κ3) is 8.05. The summed E-state index contributed by atoms with van der Waals surface area (Å²) in [4.78, 5) is 30.3. The molecule has 1 aromatic carbocycles. The zero-order valence-electron chi connectivity index (χ0n) is 18.7. The highest BCUT2D eigenvalue weighted by molar-refractivity contribution is 5.97. The van der Waals surface area contributed by atoms with Crippen LogP contribution in [0.15, 0.2) is 29.3 Å². The number of hydrogen-bond acceptors (Lipinski definition) is 3. The fourth-order valence-corrected chi connectivity index (χ4v) is 3.42. The molecule has 1 aliphatic rings. The summed E-state index contributed by atoms with van der Waals surface area (Å²) in [7, 11) is 0. The molecule has 1 aliphatic heterocycles. The molecule has 30 heavy (non-hydrogen) atoms. The molecule has 0 spiro atoms. The number of amides is 2. The number of guanidine groups is 1. The second-order valence-corrected chi connectivity index (χ2v) is 7.86. The molecule has 7 heteroatoms. The zero-order valence-corrected chi connectivity index (χ0v) is 18.7. The van der Waals surface area contributed by atoms with Crippen molar-refractivity contribution in [1.82, 2.24) is 20.9 Å². The van der Waals surface area contributed by atoms with Crippen LogP contribution in [-0.4, -0.2) is 54.9 Å². The van der Waals surface area contributed by atoms with E-state index in [0.29, 0.717) is 31.2 Å². The molecule has 3 N–H and O–H groups in total. The normalized spacial score (nSPS) is 15.5. The van der Waals surface area contributed by atoms with E-state index >= 15 is 0 Å². The van der Waals surface area contributed by atoms with Crippen molar-refractivity contribution in [3.63, 3.8) is 0 Å². The van der Waals surface area contributed by atoms with E-state index in [-0.39, 0.29) is 18.4 Å². The summed E-state index contributed by atoms with van der Waals surface area (Å²) >= 11 is 0. The van der Waals surface area contributed by atoms with Gasteiger partial charge in [0.15, 0.2) is 5.96 Å². The molecule has 1 heterocycles. The Balaban J connectivity index is 1.89. The minimum atomic E-state index is -0.108. The van der Waals surface area contributed by atoms with Crippen LogP contribution in [-0.2, 0) is 11.3 Å². The maximum Gasteiger partial charge on any atom is 0.254 e. The molecular weight excluding hydrogens is 378 g/mol. The van der Waals surface area contributed by atoms with Gasteiger partial charge in [0.25, 0.3) is 5.91 Å². The van der Waals surface area contributed by atoms with Crippen LogP contribution in [0, 0.1) is 0 Å². The number of carbonyl (C=O) groups excluding carboxylic acids is 2. The second kappa shape index (κ2) is 12.9. The Hall–Kier alpha value is -2.57. The Morgan fingerprint density at radius 3 is 2.63 bits per heavy atom. The summed E-state index contributed by atoms with van der Waals surface area (Å²) in [6.45, 7) is 9.01. The summed E-state index contributed by atoms with van der Waals surface area (Å²) in [6, 6.07) is 7.87. The standard InChI is InChI=1S/C23H37N5O2/c1-4-6-7-8-9-18(3)27-23(24-5-2)26-16-19-10-12-20(13-11-19)22(30)28-15-14-25-21(29)17-28/h10-13,18H,4-9,14-17H2,1-3H3,(H,25,29)(H2,24,26,27). The van der Waals surface area contributed by atoms with Gasteiger partial charge in [0.1, 0.15) is 0 Å². The van der Waals surface area contributed by atoms with E-state index in [0.717, 1.165) is 24.5 Å². The first kappa shape index (κ1) is 23.7. The van der Waals surface area contributed by atoms with E-state index in [2.05, 4.69) is 41.7 Å². The van der Waals surface area contributed by atoms with E-state index in [1.165, 1.54) is 25.7 Å². The van der Waals surface area contributed by atoms with Crippen LogP contribution < -0.4 is 16.0 Å². The number of nitrogens with zero attached hydrogens (tertiary/aromatic N) is 2. The van der Waals surface area contributed by atoms with Gasteiger partial charge in [-0.05, 0) is 38.0 Å². The van der Waals surface area contributed by atoms with Crippen molar-refractivity contribution in [1.29, 1.82) is 0 Å². The van der Waals surface area contributed by atoms with Crippen molar-refractivity contribution in [3.8, 4) is 0 Å². The molecule has 0 aromatic heterocycles. The molecule has 1 atom stereocenters. The predicted octanol–water partition coefficient (Wildman–Crippen LogP) is 2.67. The number of piperazine rings is 1. The minimum Gasteiger partial charge on any atom is -0.357 e. The number of aliphatic imine (C=N–C) groups is 1. The fraction of sp³-hybridized carbons (Fsp3) is 0.609. The minimum absolute atomic E-state index is 0.105. The Labute approximate surface area is 180 Å². The van der Waals surface area contributed by atoms with Gasteiger partial charge in [0, 0.05) is 31.2 Å². The molecule has 7 nitrogen and oxygen atoms in total. The quantitative estimate of drug-likeness (QED) is 0.312. The van der Waals surface area contributed by atoms with Crippen LogP contribution in [0.5, 0.6) is 0 Å². The summed E-state index contributed by atoms with van der Waals surface area (Å²) in [6.07, 6.45) is 6.20. The SMILES string of the molecule is CCCCCCC(C)NC(=NCc1ccc(C(=O)N2CCNC(=O)C2)cc1)NCC. The van der Waals surface area contributed by atoms with Gasteiger partial charge in [0.05, 0.1) is 13.1 Å². The first-order valence-corrected chi connectivity index (χ1v) is 11.2. The molecule has 0 bridgehead atoms. The molecule has 2 rings (SSSR count). The molecule has 0 radical (unpaired) electrons. The number of unbranched alkanes of at least 4 members (excludes halogenated alkanes) is 3. The van der Waals surface area contributed by atoms with E-state index < -0.39 is 0 Å². The first-order chi connectivity index (χ1) is 14.5. The molecule has 1 unspecified atom stereocenters. The maximum absolute atomic E-state index is 12.6. The molecule has 1 saturated heterocycles. The molecule has 166 valence electrons. The average Bonchev–Trinajstić information content (AvgIpc) is 2.75. The molecule has 0 saturated carbocycles. The highest BCUT2D eigenvalue weighted by Crippen LogP contribution is 2.10. The summed E-state index contributed by atoms with van der Waals surface area (Å²) in [5.74, 6) is 0.607. The summed E-state index contributed by atoms with van der Waals surface area (Å²) in [5.41, 5.74) is 1.64. The third-order valence-corrected chi connectivity index (χ3v) is 5.16. The van der Waals surface area contributed by atoms with Gasteiger partial charge in [0.2, 0.25) is 5.91 Å². The van der Waals surface area contributed by atoms with E-state index in [1.807, 2.05) is 24.3 Å². The lowest BCUT2D eigenvalue weighted by Crippen LogP contribution is -2.49.